The van der Waals surface area contributed by atoms with Gasteiger partial charge in [-0.05, 0) is 48.7 Å². The summed E-state index contributed by atoms with van der Waals surface area (Å²) in [4.78, 5) is 11.7. The van der Waals surface area contributed by atoms with Crippen LogP contribution in [-0.4, -0.2) is 24.2 Å². The molecule has 0 spiro atoms. The average molecular weight is 339 g/mol. The second-order valence-corrected chi connectivity index (χ2v) is 6.00. The van der Waals surface area contributed by atoms with Crippen LogP contribution in [0, 0.1) is 5.92 Å². The van der Waals surface area contributed by atoms with Crippen LogP contribution in [0.5, 0.6) is 5.75 Å². The fourth-order valence-corrected chi connectivity index (χ4v) is 2.85. The molecule has 0 unspecified atom stereocenters. The normalized spacial score (nSPS) is 13.8. The molecule has 0 aliphatic rings. The number of carboxylic acid groups (broad SMARTS) is 1. The molecule has 2 atom stereocenters. The van der Waals surface area contributed by atoms with E-state index >= 15 is 0 Å². The highest BCUT2D eigenvalue weighted by atomic mass is 16.5. The van der Waals surface area contributed by atoms with Gasteiger partial charge in [-0.25, -0.2) is 0 Å². The van der Waals surface area contributed by atoms with Crippen molar-refractivity contribution in [3.63, 3.8) is 0 Å². The Hall–Kier alpha value is -2.75. The predicted molar refractivity (Wildman–Crippen MR) is 102 cm³/mol. The van der Waals surface area contributed by atoms with E-state index in [1.54, 1.807) is 7.11 Å². The van der Waals surface area contributed by atoms with Gasteiger partial charge in [-0.2, -0.15) is 0 Å². The first-order chi connectivity index (χ1) is 12.0. The lowest BCUT2D eigenvalue weighted by Gasteiger charge is -2.26. The van der Waals surface area contributed by atoms with Crippen molar-refractivity contribution in [1.82, 2.24) is 0 Å². The molecule has 2 rings (SSSR count). The van der Waals surface area contributed by atoms with Gasteiger partial charge in [0.05, 0.1) is 19.1 Å². The van der Waals surface area contributed by atoms with Crippen LogP contribution in [0.25, 0.3) is 6.08 Å². The van der Waals surface area contributed by atoms with E-state index in [0.29, 0.717) is 6.42 Å². The maximum atomic E-state index is 11.7. The lowest BCUT2D eigenvalue weighted by molar-refractivity contribution is -0.142. The molecule has 2 aromatic rings. The van der Waals surface area contributed by atoms with E-state index < -0.39 is 11.9 Å². The van der Waals surface area contributed by atoms with Gasteiger partial charge in [0, 0.05) is 5.69 Å². The van der Waals surface area contributed by atoms with Crippen LogP contribution in [0.1, 0.15) is 25.8 Å². The Kier molecular flexibility index (Phi) is 6.63. The molecule has 0 radical (unpaired) electrons. The summed E-state index contributed by atoms with van der Waals surface area (Å²) in [5.74, 6) is -0.541. The van der Waals surface area contributed by atoms with E-state index in [1.807, 2.05) is 74.5 Å². The third-order valence-electron chi connectivity index (χ3n) is 4.26. The van der Waals surface area contributed by atoms with Gasteiger partial charge in [-0.1, -0.05) is 43.3 Å². The van der Waals surface area contributed by atoms with Crippen molar-refractivity contribution in [2.75, 3.05) is 12.4 Å². The standard InChI is InChI=1S/C21H25NO3/c1-4-19(21(23)24)20(15(2)14-16-8-6-5-7-9-16)22-17-10-12-18(25-3)13-11-17/h5-14,19-20,22H,4H2,1-3H3,(H,23,24)/b15-14+/t19-,20-/m1/s1. The van der Waals surface area contributed by atoms with Gasteiger partial charge < -0.3 is 15.2 Å². The van der Waals surface area contributed by atoms with E-state index in [-0.39, 0.29) is 6.04 Å². The quantitative estimate of drug-likeness (QED) is 0.732. The first kappa shape index (κ1) is 18.6. The first-order valence-corrected chi connectivity index (χ1v) is 8.41. The summed E-state index contributed by atoms with van der Waals surface area (Å²) in [6.07, 6.45) is 2.58. The van der Waals surface area contributed by atoms with Crippen LogP contribution in [-0.2, 0) is 4.79 Å². The van der Waals surface area contributed by atoms with Crippen LogP contribution < -0.4 is 10.1 Å². The first-order valence-electron chi connectivity index (χ1n) is 8.41. The third-order valence-corrected chi connectivity index (χ3v) is 4.26. The number of aliphatic carboxylic acids is 1. The number of carboxylic acids is 1. The van der Waals surface area contributed by atoms with Gasteiger partial charge in [0.1, 0.15) is 5.75 Å². The van der Waals surface area contributed by atoms with E-state index in [0.717, 1.165) is 22.6 Å². The zero-order chi connectivity index (χ0) is 18.2. The van der Waals surface area contributed by atoms with Crippen molar-refractivity contribution in [3.8, 4) is 5.75 Å². The maximum absolute atomic E-state index is 11.7. The van der Waals surface area contributed by atoms with Crippen LogP contribution in [0.2, 0.25) is 0 Å². The summed E-state index contributed by atoms with van der Waals surface area (Å²) in [6.45, 7) is 3.87. The summed E-state index contributed by atoms with van der Waals surface area (Å²) >= 11 is 0. The predicted octanol–water partition coefficient (Wildman–Crippen LogP) is 4.69. The number of rotatable bonds is 8. The largest absolute Gasteiger partial charge is 0.497 e. The number of carbonyl (C=O) groups is 1. The summed E-state index contributed by atoms with van der Waals surface area (Å²) < 4.78 is 5.17. The van der Waals surface area contributed by atoms with Gasteiger partial charge in [0.2, 0.25) is 0 Å². The molecule has 0 aromatic heterocycles. The minimum absolute atomic E-state index is 0.295. The van der Waals surface area contributed by atoms with Crippen molar-refractivity contribution in [2.45, 2.75) is 26.3 Å². The number of hydrogen-bond acceptors (Lipinski definition) is 3. The summed E-state index contributed by atoms with van der Waals surface area (Å²) in [5, 5.41) is 13.0. The molecule has 0 saturated heterocycles. The summed E-state index contributed by atoms with van der Waals surface area (Å²) in [5.41, 5.74) is 2.91. The molecule has 0 amide bonds. The Morgan fingerprint density at radius 1 is 1.16 bits per heavy atom. The minimum atomic E-state index is -0.797. The fraction of sp³-hybridized carbons (Fsp3) is 0.286. The number of hydrogen-bond donors (Lipinski definition) is 2. The molecule has 2 aromatic carbocycles. The van der Waals surface area contributed by atoms with Crippen molar-refractivity contribution in [2.24, 2.45) is 5.92 Å². The number of benzene rings is 2. The summed E-state index contributed by atoms with van der Waals surface area (Å²) in [6, 6.07) is 17.1. The molecule has 4 nitrogen and oxygen atoms in total. The Labute approximate surface area is 149 Å². The smallest absolute Gasteiger partial charge is 0.308 e. The number of nitrogens with one attached hydrogen (secondary N) is 1. The molecular weight excluding hydrogens is 314 g/mol. The van der Waals surface area contributed by atoms with Crippen molar-refractivity contribution in [3.05, 3.63) is 65.7 Å². The second-order valence-electron chi connectivity index (χ2n) is 6.00. The molecule has 0 bridgehead atoms. The molecule has 0 aliphatic carbocycles. The molecule has 2 N–H and O–H groups in total. The van der Waals surface area contributed by atoms with E-state index in [9.17, 15) is 9.90 Å². The van der Waals surface area contributed by atoms with E-state index in [2.05, 4.69) is 5.32 Å². The van der Waals surface area contributed by atoms with Gasteiger partial charge in [0.25, 0.3) is 0 Å². The lowest BCUT2D eigenvalue weighted by atomic mass is 9.90. The van der Waals surface area contributed by atoms with E-state index in [4.69, 9.17) is 4.74 Å². The van der Waals surface area contributed by atoms with Gasteiger partial charge in [-0.15, -0.1) is 0 Å². The van der Waals surface area contributed by atoms with Gasteiger partial charge in [0.15, 0.2) is 0 Å². The van der Waals surface area contributed by atoms with Crippen LogP contribution in [0.15, 0.2) is 60.2 Å². The number of methoxy groups -OCH3 is 1. The Bertz CT molecular complexity index is 708. The molecule has 0 heterocycles. The van der Waals surface area contributed by atoms with Crippen molar-refractivity contribution in [1.29, 1.82) is 0 Å². The van der Waals surface area contributed by atoms with Gasteiger partial charge >= 0.3 is 5.97 Å². The number of ether oxygens (including phenoxy) is 1. The molecule has 132 valence electrons. The summed E-state index contributed by atoms with van der Waals surface area (Å²) in [7, 11) is 1.62. The topological polar surface area (TPSA) is 58.6 Å². The number of anilines is 1. The van der Waals surface area contributed by atoms with Crippen LogP contribution in [0.3, 0.4) is 0 Å². The van der Waals surface area contributed by atoms with Crippen LogP contribution >= 0.6 is 0 Å². The molecule has 0 fully saturated rings. The SMILES string of the molecule is CC[C@@H](C(=O)O)[C@H](Nc1ccc(OC)cc1)/C(C)=C/c1ccccc1. The van der Waals surface area contributed by atoms with Crippen molar-refractivity contribution < 1.29 is 14.6 Å². The molecule has 0 aliphatic heterocycles. The Morgan fingerprint density at radius 3 is 2.32 bits per heavy atom. The van der Waals surface area contributed by atoms with Gasteiger partial charge in [-0.3, -0.25) is 4.79 Å². The lowest BCUT2D eigenvalue weighted by Crippen LogP contribution is -2.35. The molecular formula is C21H25NO3. The molecule has 0 saturated carbocycles. The monoisotopic (exact) mass is 339 g/mol. The van der Waals surface area contributed by atoms with Crippen molar-refractivity contribution >= 4 is 17.7 Å². The highest BCUT2D eigenvalue weighted by Gasteiger charge is 2.27. The zero-order valence-electron chi connectivity index (χ0n) is 14.9. The van der Waals surface area contributed by atoms with E-state index in [1.165, 1.54) is 0 Å². The minimum Gasteiger partial charge on any atom is -0.497 e. The fourth-order valence-electron chi connectivity index (χ4n) is 2.85. The zero-order valence-corrected chi connectivity index (χ0v) is 14.9. The third kappa shape index (κ3) is 5.11. The highest BCUT2D eigenvalue weighted by molar-refractivity contribution is 5.73. The maximum Gasteiger partial charge on any atom is 0.308 e. The Morgan fingerprint density at radius 2 is 1.80 bits per heavy atom. The van der Waals surface area contributed by atoms with Crippen LogP contribution in [0.4, 0.5) is 5.69 Å². The second kappa shape index (κ2) is 8.92. The average Bonchev–Trinajstić information content (AvgIpc) is 2.62. The Balaban J connectivity index is 2.31. The molecule has 25 heavy (non-hydrogen) atoms. The molecule has 4 heteroatoms. The highest BCUT2D eigenvalue weighted by Crippen LogP contribution is 2.24.